The maximum Gasteiger partial charge on any atom is 0.263 e. The predicted octanol–water partition coefficient (Wildman–Crippen LogP) is 4.98. The lowest BCUT2D eigenvalue weighted by molar-refractivity contribution is 0.478. The molecule has 1 aliphatic rings. The summed E-state index contributed by atoms with van der Waals surface area (Å²) in [6, 6.07) is 19.2. The van der Waals surface area contributed by atoms with Crippen molar-refractivity contribution >= 4 is 39.3 Å². The van der Waals surface area contributed by atoms with Gasteiger partial charge in [0.15, 0.2) is 0 Å². The number of nitrogens with one attached hydrogen (secondary N) is 1. The lowest BCUT2D eigenvalue weighted by Crippen LogP contribution is -2.26. The van der Waals surface area contributed by atoms with Crippen molar-refractivity contribution in [1.82, 2.24) is 4.57 Å². The van der Waals surface area contributed by atoms with Gasteiger partial charge < -0.3 is 15.0 Å². The van der Waals surface area contributed by atoms with E-state index >= 15 is 0 Å². The monoisotopic (exact) mass is 401 g/mol. The number of nitrogens with zero attached hydrogens (tertiary/aromatic N) is 2. The fourth-order valence-corrected chi connectivity index (χ4v) is 4.65. The Morgan fingerprint density at radius 1 is 1.10 bits per heavy atom. The van der Waals surface area contributed by atoms with Crippen molar-refractivity contribution in [3.8, 4) is 5.75 Å². The zero-order valence-corrected chi connectivity index (χ0v) is 16.6. The van der Waals surface area contributed by atoms with Gasteiger partial charge in [0.1, 0.15) is 11.3 Å². The van der Waals surface area contributed by atoms with E-state index in [1.807, 2.05) is 60.0 Å². The summed E-state index contributed by atoms with van der Waals surface area (Å²) in [7, 11) is 1.73. The number of aryl methyl sites for hydroxylation is 1. The van der Waals surface area contributed by atoms with Crippen LogP contribution in [0.15, 0.2) is 75.8 Å². The minimum Gasteiger partial charge on any atom is -0.506 e. The summed E-state index contributed by atoms with van der Waals surface area (Å²) in [4.78, 5) is 19.2. The molecule has 3 heterocycles. The molecule has 0 amide bonds. The van der Waals surface area contributed by atoms with E-state index in [0.29, 0.717) is 23.0 Å². The Kier molecular flexibility index (Phi) is 4.21. The normalized spacial score (nSPS) is 16.0. The number of rotatable bonds is 2. The van der Waals surface area contributed by atoms with E-state index in [-0.39, 0.29) is 22.9 Å². The van der Waals surface area contributed by atoms with Crippen molar-refractivity contribution in [3.05, 3.63) is 86.8 Å². The first-order valence-corrected chi connectivity index (χ1v) is 10.3. The third kappa shape index (κ3) is 2.93. The zero-order valence-electron chi connectivity index (χ0n) is 15.8. The second-order valence-electron chi connectivity index (χ2n) is 7.10. The Balaban J connectivity index is 1.76. The van der Waals surface area contributed by atoms with Gasteiger partial charge in [0.25, 0.3) is 5.56 Å². The third-order valence-electron chi connectivity index (χ3n) is 5.34. The van der Waals surface area contributed by atoms with Crippen LogP contribution in [0.4, 0.5) is 11.4 Å². The first-order chi connectivity index (χ1) is 14.1. The second-order valence-corrected chi connectivity index (χ2v) is 8.08. The average molecular weight is 401 g/mol. The molecule has 0 saturated heterocycles. The molecule has 0 unspecified atom stereocenters. The highest BCUT2D eigenvalue weighted by Crippen LogP contribution is 2.38. The van der Waals surface area contributed by atoms with Crippen molar-refractivity contribution in [3.63, 3.8) is 0 Å². The molecule has 2 aromatic carbocycles. The molecule has 0 radical (unpaired) electrons. The van der Waals surface area contributed by atoms with E-state index in [0.717, 1.165) is 16.3 Å². The molecular formula is C23H19N3O2S. The van der Waals surface area contributed by atoms with E-state index in [9.17, 15) is 9.90 Å². The van der Waals surface area contributed by atoms with Crippen LogP contribution in [0.3, 0.4) is 0 Å². The number of para-hydroxylation sites is 3. The van der Waals surface area contributed by atoms with Crippen molar-refractivity contribution in [2.24, 2.45) is 12.0 Å². The van der Waals surface area contributed by atoms with Gasteiger partial charge in [0.2, 0.25) is 0 Å². The molecule has 2 N–H and O–H groups in total. The van der Waals surface area contributed by atoms with Gasteiger partial charge in [0, 0.05) is 23.7 Å². The standard InChI is InChI=1S/C23H19N3O2S/c1-26-19-10-5-2-7-14(19)22(27)21(23(26)28)18-13-17(20-11-6-12-29-20)24-15-8-3-4-9-16(15)25-18/h2-12,17,24,27H,13H2,1H3/t17-/m1/s1. The molecule has 0 spiro atoms. The van der Waals surface area contributed by atoms with Gasteiger partial charge in [-0.3, -0.25) is 9.79 Å². The topological polar surface area (TPSA) is 66.6 Å². The maximum atomic E-state index is 13.2. The number of benzene rings is 2. The van der Waals surface area contributed by atoms with E-state index in [1.54, 1.807) is 23.0 Å². The van der Waals surface area contributed by atoms with E-state index in [4.69, 9.17) is 4.99 Å². The van der Waals surface area contributed by atoms with Crippen LogP contribution in [0.25, 0.3) is 10.9 Å². The van der Waals surface area contributed by atoms with Crippen LogP contribution in [-0.2, 0) is 7.05 Å². The summed E-state index contributed by atoms with van der Waals surface area (Å²) in [5.74, 6) is -0.00763. The number of pyridine rings is 1. The Bertz CT molecular complexity index is 1310. The SMILES string of the molecule is Cn1c(=O)c(C2=Nc3ccccc3N[C@@H](c3cccs3)C2)c(O)c2ccccc21. The van der Waals surface area contributed by atoms with E-state index in [1.165, 1.54) is 0 Å². The number of hydrogen-bond donors (Lipinski definition) is 2. The van der Waals surface area contributed by atoms with E-state index < -0.39 is 0 Å². The Hall–Kier alpha value is -3.38. The molecule has 1 atom stereocenters. The number of thiophene rings is 1. The van der Waals surface area contributed by atoms with Gasteiger partial charge in [-0.1, -0.05) is 30.3 Å². The highest BCUT2D eigenvalue weighted by Gasteiger charge is 2.26. The lowest BCUT2D eigenvalue weighted by atomic mass is 10.00. The summed E-state index contributed by atoms with van der Waals surface area (Å²) in [5, 5.41) is 17.3. The number of anilines is 1. The van der Waals surface area contributed by atoms with Gasteiger partial charge in [-0.2, -0.15) is 0 Å². The molecule has 0 aliphatic carbocycles. The molecule has 2 aromatic heterocycles. The van der Waals surface area contributed by atoms with Crippen LogP contribution in [0.2, 0.25) is 0 Å². The minimum atomic E-state index is -0.246. The van der Waals surface area contributed by atoms with Crippen LogP contribution in [-0.4, -0.2) is 15.4 Å². The average Bonchev–Trinajstić information content (AvgIpc) is 3.21. The van der Waals surface area contributed by atoms with Crippen LogP contribution in [0, 0.1) is 0 Å². The van der Waals surface area contributed by atoms with Gasteiger partial charge in [-0.25, -0.2) is 0 Å². The summed E-state index contributed by atoms with van der Waals surface area (Å²) in [5.41, 5.74) is 2.98. The summed E-state index contributed by atoms with van der Waals surface area (Å²) < 4.78 is 1.58. The lowest BCUT2D eigenvalue weighted by Gasteiger charge is -2.18. The van der Waals surface area contributed by atoms with Crippen LogP contribution < -0.4 is 10.9 Å². The second kappa shape index (κ2) is 6.90. The Labute approximate surface area is 171 Å². The van der Waals surface area contributed by atoms with Crippen LogP contribution in [0.1, 0.15) is 22.9 Å². The molecule has 5 nitrogen and oxygen atoms in total. The first-order valence-electron chi connectivity index (χ1n) is 9.41. The maximum absolute atomic E-state index is 13.2. The molecule has 144 valence electrons. The molecule has 0 bridgehead atoms. The molecule has 0 saturated carbocycles. The van der Waals surface area contributed by atoms with Gasteiger partial charge >= 0.3 is 0 Å². The van der Waals surface area contributed by atoms with Crippen molar-refractivity contribution < 1.29 is 5.11 Å². The molecule has 29 heavy (non-hydrogen) atoms. The van der Waals surface area contributed by atoms with Gasteiger partial charge in [-0.15, -0.1) is 11.3 Å². The molecule has 5 rings (SSSR count). The Morgan fingerprint density at radius 3 is 2.72 bits per heavy atom. The quantitative estimate of drug-likeness (QED) is 0.498. The largest absolute Gasteiger partial charge is 0.506 e. The smallest absolute Gasteiger partial charge is 0.263 e. The zero-order chi connectivity index (χ0) is 20.0. The van der Waals surface area contributed by atoms with E-state index in [2.05, 4.69) is 11.4 Å². The van der Waals surface area contributed by atoms with Crippen LogP contribution in [0.5, 0.6) is 5.75 Å². The number of aromatic hydroxyl groups is 1. The fourth-order valence-electron chi connectivity index (χ4n) is 3.88. The van der Waals surface area contributed by atoms with Crippen molar-refractivity contribution in [2.45, 2.75) is 12.5 Å². The predicted molar refractivity (Wildman–Crippen MR) is 119 cm³/mol. The molecular weight excluding hydrogens is 382 g/mol. The van der Waals surface area contributed by atoms with Gasteiger partial charge in [-0.05, 0) is 35.7 Å². The van der Waals surface area contributed by atoms with Crippen LogP contribution >= 0.6 is 11.3 Å². The minimum absolute atomic E-state index is 0.00763. The molecule has 0 fully saturated rings. The Morgan fingerprint density at radius 2 is 1.90 bits per heavy atom. The molecule has 4 aromatic rings. The fraction of sp³-hybridized carbons (Fsp3) is 0.130. The number of aliphatic imine (C=N–C) groups is 1. The number of fused-ring (bicyclic) bond motifs is 2. The van der Waals surface area contributed by atoms with Crippen molar-refractivity contribution in [2.75, 3.05) is 5.32 Å². The highest BCUT2D eigenvalue weighted by atomic mass is 32.1. The molecule has 6 heteroatoms. The summed E-state index contributed by atoms with van der Waals surface area (Å²) >= 11 is 1.66. The summed E-state index contributed by atoms with van der Waals surface area (Å²) in [6.07, 6.45) is 0.496. The van der Waals surface area contributed by atoms with Crippen molar-refractivity contribution in [1.29, 1.82) is 0 Å². The number of aromatic nitrogens is 1. The molecule has 1 aliphatic heterocycles. The number of hydrogen-bond acceptors (Lipinski definition) is 5. The highest BCUT2D eigenvalue weighted by molar-refractivity contribution is 7.10. The van der Waals surface area contributed by atoms with Gasteiger partial charge in [0.05, 0.1) is 28.6 Å². The third-order valence-corrected chi connectivity index (χ3v) is 6.32. The summed E-state index contributed by atoms with van der Waals surface area (Å²) in [6.45, 7) is 0. The first kappa shape index (κ1) is 17.7.